The van der Waals surface area contributed by atoms with E-state index >= 15 is 0 Å². The Bertz CT molecular complexity index is 1130. The fraction of sp³-hybridized carbons (Fsp3) is 0.464. The highest BCUT2D eigenvalue weighted by molar-refractivity contribution is 8.18. The molecule has 35 heavy (non-hydrogen) atoms. The number of thioether (sulfide) groups is 1. The van der Waals surface area contributed by atoms with Gasteiger partial charge in [-0.05, 0) is 86.7 Å². The third-order valence-electron chi connectivity index (χ3n) is 6.90. The van der Waals surface area contributed by atoms with Crippen LogP contribution in [-0.4, -0.2) is 51.1 Å². The number of amides is 3. The molecule has 3 heterocycles. The third-order valence-corrected chi connectivity index (χ3v) is 7.80. The van der Waals surface area contributed by atoms with Crippen molar-refractivity contribution in [2.75, 3.05) is 19.6 Å². The van der Waals surface area contributed by atoms with E-state index in [1.165, 1.54) is 18.4 Å². The number of carbonyl (C=O) groups is 3. The molecule has 0 atom stereocenters. The molecule has 0 N–H and O–H groups in total. The molecule has 2 aromatic rings. The molecule has 2 saturated heterocycles. The Morgan fingerprint density at radius 1 is 1.03 bits per heavy atom. The van der Waals surface area contributed by atoms with Gasteiger partial charge in [-0.2, -0.15) is 0 Å². The van der Waals surface area contributed by atoms with Crippen LogP contribution in [0.25, 0.3) is 11.8 Å². The number of hydrogen-bond donors (Lipinski definition) is 0. The van der Waals surface area contributed by atoms with E-state index in [-0.39, 0.29) is 23.6 Å². The summed E-state index contributed by atoms with van der Waals surface area (Å²) in [5.74, 6) is -0.524. The summed E-state index contributed by atoms with van der Waals surface area (Å²) in [6.07, 6.45) is 9.43. The molecule has 0 radical (unpaired) electrons. The zero-order valence-corrected chi connectivity index (χ0v) is 21.8. The summed E-state index contributed by atoms with van der Waals surface area (Å²) in [6, 6.07) is 10.7. The number of rotatable bonds is 7. The first kappa shape index (κ1) is 25.3. The van der Waals surface area contributed by atoms with Crippen molar-refractivity contribution in [2.45, 2.75) is 65.7 Å². The molecule has 0 aliphatic carbocycles. The largest absolute Gasteiger partial charge is 0.341 e. The maximum atomic E-state index is 13.0. The maximum Gasteiger partial charge on any atom is 0.294 e. The highest BCUT2D eigenvalue weighted by Crippen LogP contribution is 2.34. The zero-order valence-electron chi connectivity index (χ0n) is 21.0. The molecule has 4 rings (SSSR count). The smallest absolute Gasteiger partial charge is 0.294 e. The predicted octanol–water partition coefficient (Wildman–Crippen LogP) is 5.88. The first-order valence-corrected chi connectivity index (χ1v) is 13.5. The van der Waals surface area contributed by atoms with Gasteiger partial charge in [-0.1, -0.05) is 38.3 Å². The average molecular weight is 494 g/mol. The standard InChI is InChI=1S/C28H35N3O3S/c1-4-5-10-22-11-13-24(14-12-22)31-20(2)17-23(21(31)3)18-25-27(33)30(28(34)35-25)19-26(32)29-15-8-6-7-9-16-29/h11-14,17-18H,4-10,15-16,19H2,1-3H3. The van der Waals surface area contributed by atoms with Gasteiger partial charge in [0.25, 0.3) is 11.1 Å². The van der Waals surface area contributed by atoms with Crippen LogP contribution in [0.3, 0.4) is 0 Å². The van der Waals surface area contributed by atoms with E-state index in [4.69, 9.17) is 0 Å². The number of likely N-dealkylation sites (tertiary alicyclic amines) is 1. The topological polar surface area (TPSA) is 62.6 Å². The number of benzene rings is 1. The van der Waals surface area contributed by atoms with Gasteiger partial charge in [0.1, 0.15) is 6.54 Å². The third kappa shape index (κ3) is 5.72. The summed E-state index contributed by atoms with van der Waals surface area (Å²) in [4.78, 5) is 41.7. The van der Waals surface area contributed by atoms with E-state index < -0.39 is 0 Å². The van der Waals surface area contributed by atoms with Gasteiger partial charge in [0, 0.05) is 30.2 Å². The molecule has 7 heteroatoms. The Kier molecular flexibility index (Phi) is 8.16. The van der Waals surface area contributed by atoms with E-state index in [0.29, 0.717) is 18.0 Å². The van der Waals surface area contributed by atoms with Crippen LogP contribution in [0.2, 0.25) is 0 Å². The molecule has 1 aromatic carbocycles. The van der Waals surface area contributed by atoms with Gasteiger partial charge in [0.05, 0.1) is 4.91 Å². The average Bonchev–Trinajstić information content (AvgIpc) is 3.13. The molecule has 186 valence electrons. The zero-order chi connectivity index (χ0) is 24.9. The molecule has 0 saturated carbocycles. The number of carbonyl (C=O) groups excluding carboxylic acids is 3. The lowest BCUT2D eigenvalue weighted by Gasteiger charge is -2.22. The SMILES string of the molecule is CCCCc1ccc(-n2c(C)cc(C=C3SC(=O)N(CC(=O)N4CCCCCC4)C3=O)c2C)cc1. The lowest BCUT2D eigenvalue weighted by Crippen LogP contribution is -2.42. The van der Waals surface area contributed by atoms with Crippen LogP contribution in [0.4, 0.5) is 4.79 Å². The molecule has 0 bridgehead atoms. The lowest BCUT2D eigenvalue weighted by atomic mass is 10.1. The van der Waals surface area contributed by atoms with Crippen molar-refractivity contribution in [2.24, 2.45) is 0 Å². The van der Waals surface area contributed by atoms with Crippen LogP contribution < -0.4 is 0 Å². The summed E-state index contributed by atoms with van der Waals surface area (Å²) in [5.41, 5.74) is 5.39. The van der Waals surface area contributed by atoms with Crippen LogP contribution in [0.15, 0.2) is 35.2 Å². The fourth-order valence-electron chi connectivity index (χ4n) is 4.86. The van der Waals surface area contributed by atoms with Crippen LogP contribution in [0, 0.1) is 13.8 Å². The second-order valence-corrected chi connectivity index (χ2v) is 10.5. The van der Waals surface area contributed by atoms with Crippen molar-refractivity contribution in [1.29, 1.82) is 0 Å². The summed E-state index contributed by atoms with van der Waals surface area (Å²) < 4.78 is 2.17. The molecule has 1 aromatic heterocycles. The van der Waals surface area contributed by atoms with Crippen molar-refractivity contribution < 1.29 is 14.4 Å². The van der Waals surface area contributed by atoms with E-state index in [1.54, 1.807) is 11.0 Å². The summed E-state index contributed by atoms with van der Waals surface area (Å²) in [5, 5.41) is -0.374. The van der Waals surface area contributed by atoms with Crippen LogP contribution in [0.5, 0.6) is 0 Å². The highest BCUT2D eigenvalue weighted by Gasteiger charge is 2.37. The number of hydrogen-bond acceptors (Lipinski definition) is 4. The van der Waals surface area contributed by atoms with Crippen LogP contribution in [-0.2, 0) is 16.0 Å². The Hall–Kier alpha value is -2.80. The minimum atomic E-state index is -0.381. The van der Waals surface area contributed by atoms with Gasteiger partial charge in [-0.15, -0.1) is 0 Å². The molecule has 3 amide bonds. The monoisotopic (exact) mass is 493 g/mol. The first-order chi connectivity index (χ1) is 16.9. The minimum Gasteiger partial charge on any atom is -0.341 e. The summed E-state index contributed by atoms with van der Waals surface area (Å²) in [6.45, 7) is 7.50. The Morgan fingerprint density at radius 3 is 2.37 bits per heavy atom. The van der Waals surface area contributed by atoms with Gasteiger partial charge in [0.2, 0.25) is 5.91 Å². The molecule has 6 nitrogen and oxygen atoms in total. The van der Waals surface area contributed by atoms with E-state index in [9.17, 15) is 14.4 Å². The second kappa shape index (κ2) is 11.3. The van der Waals surface area contributed by atoms with Crippen LogP contribution >= 0.6 is 11.8 Å². The van der Waals surface area contributed by atoms with Gasteiger partial charge >= 0.3 is 0 Å². The van der Waals surface area contributed by atoms with Crippen molar-refractivity contribution >= 4 is 34.9 Å². The molecular weight excluding hydrogens is 458 g/mol. The molecule has 2 fully saturated rings. The number of aromatic nitrogens is 1. The van der Waals surface area contributed by atoms with Crippen molar-refractivity contribution in [3.63, 3.8) is 0 Å². The first-order valence-electron chi connectivity index (χ1n) is 12.7. The number of unbranched alkanes of at least 4 members (excludes halogenated alkanes) is 1. The van der Waals surface area contributed by atoms with Gasteiger partial charge in [-0.25, -0.2) is 0 Å². The predicted molar refractivity (Wildman–Crippen MR) is 142 cm³/mol. The second-order valence-electron chi connectivity index (χ2n) is 9.49. The minimum absolute atomic E-state index is 0.143. The van der Waals surface area contributed by atoms with Crippen LogP contribution in [0.1, 0.15) is 68.0 Å². The number of imide groups is 1. The van der Waals surface area contributed by atoms with Crippen molar-refractivity contribution in [1.82, 2.24) is 14.4 Å². The van der Waals surface area contributed by atoms with Crippen molar-refractivity contribution in [3.05, 3.63) is 57.8 Å². The maximum absolute atomic E-state index is 13.0. The highest BCUT2D eigenvalue weighted by atomic mass is 32.2. The summed E-state index contributed by atoms with van der Waals surface area (Å²) >= 11 is 0.917. The van der Waals surface area contributed by atoms with Gasteiger partial charge in [0.15, 0.2) is 0 Å². The number of nitrogens with zero attached hydrogens (tertiary/aromatic N) is 3. The fourth-order valence-corrected chi connectivity index (χ4v) is 5.69. The molecule has 2 aliphatic heterocycles. The lowest BCUT2D eigenvalue weighted by molar-refractivity contribution is -0.135. The van der Waals surface area contributed by atoms with E-state index in [1.807, 2.05) is 19.9 Å². The molecular formula is C28H35N3O3S. The summed E-state index contributed by atoms with van der Waals surface area (Å²) in [7, 11) is 0. The quantitative estimate of drug-likeness (QED) is 0.452. The number of aryl methyl sites for hydroxylation is 2. The molecule has 2 aliphatic rings. The Labute approximate surface area is 212 Å². The van der Waals surface area contributed by atoms with E-state index in [2.05, 4.69) is 35.8 Å². The van der Waals surface area contributed by atoms with Gasteiger partial charge < -0.3 is 9.47 Å². The van der Waals surface area contributed by atoms with Gasteiger partial charge in [-0.3, -0.25) is 19.3 Å². The Balaban J connectivity index is 1.50. The molecule has 0 unspecified atom stereocenters. The van der Waals surface area contributed by atoms with E-state index in [0.717, 1.165) is 71.4 Å². The normalized spacial score (nSPS) is 18.0. The molecule has 0 spiro atoms. The van der Waals surface area contributed by atoms with Crippen molar-refractivity contribution in [3.8, 4) is 5.69 Å². The Morgan fingerprint density at radius 2 is 1.71 bits per heavy atom.